The maximum Gasteiger partial charge on any atom is 0.148 e. The van der Waals surface area contributed by atoms with Crippen LogP contribution in [0.1, 0.15) is 19.3 Å². The third-order valence-electron chi connectivity index (χ3n) is 2.62. The Morgan fingerprint density at radius 3 is 3.00 bits per heavy atom. The van der Waals surface area contributed by atoms with Gasteiger partial charge in [0.1, 0.15) is 5.78 Å². The minimum atomic E-state index is 0.307. The van der Waals surface area contributed by atoms with Gasteiger partial charge in [-0.1, -0.05) is 0 Å². The molecule has 0 spiro atoms. The van der Waals surface area contributed by atoms with E-state index in [-0.39, 0.29) is 0 Å². The molecule has 0 aromatic heterocycles. The molecule has 0 amide bonds. The zero-order valence-electron chi connectivity index (χ0n) is 9.24. The van der Waals surface area contributed by atoms with Crippen LogP contribution in [-0.4, -0.2) is 55.3 Å². The minimum absolute atomic E-state index is 0.307. The average Bonchev–Trinajstić information content (AvgIpc) is 2.59. The van der Waals surface area contributed by atoms with Gasteiger partial charge in [-0.15, -0.1) is 0 Å². The van der Waals surface area contributed by atoms with Crippen LogP contribution < -0.4 is 5.32 Å². The lowest BCUT2D eigenvalue weighted by molar-refractivity contribution is -0.242. The van der Waals surface area contributed by atoms with Crippen LogP contribution in [0.4, 0.5) is 0 Å². The number of hydrogen-bond donors (Lipinski definition) is 2. The molecular weight excluding hydrogens is 196 g/mol. The highest BCUT2D eigenvalue weighted by Gasteiger charge is 2.21. The Balaban J connectivity index is 2.02. The van der Waals surface area contributed by atoms with Crippen molar-refractivity contribution in [1.82, 2.24) is 10.2 Å². The van der Waals surface area contributed by atoms with Crippen molar-refractivity contribution in [2.45, 2.75) is 25.3 Å². The second-order valence-corrected chi connectivity index (χ2v) is 4.12. The molecule has 2 N–H and O–H groups in total. The quantitative estimate of drug-likeness (QED) is 0.359. The van der Waals surface area contributed by atoms with Crippen LogP contribution in [-0.2, 0) is 9.68 Å². The van der Waals surface area contributed by atoms with Gasteiger partial charge in [0.05, 0.1) is 13.2 Å². The summed E-state index contributed by atoms with van der Waals surface area (Å²) in [5, 5.41) is 11.3. The van der Waals surface area contributed by atoms with Gasteiger partial charge >= 0.3 is 0 Å². The number of carbonyl (C=O) groups is 1. The molecule has 1 saturated heterocycles. The maximum atomic E-state index is 11.0. The molecule has 5 nitrogen and oxygen atoms in total. The summed E-state index contributed by atoms with van der Waals surface area (Å²) in [6.45, 7) is 2.80. The van der Waals surface area contributed by atoms with Crippen molar-refractivity contribution in [2.24, 2.45) is 0 Å². The van der Waals surface area contributed by atoms with E-state index in [9.17, 15) is 4.79 Å². The van der Waals surface area contributed by atoms with E-state index in [1.54, 1.807) is 0 Å². The van der Waals surface area contributed by atoms with Gasteiger partial charge in [0.25, 0.3) is 0 Å². The van der Waals surface area contributed by atoms with Crippen molar-refractivity contribution in [2.75, 3.05) is 33.3 Å². The summed E-state index contributed by atoms with van der Waals surface area (Å²) >= 11 is 0. The summed E-state index contributed by atoms with van der Waals surface area (Å²) in [5.41, 5.74) is 0. The molecule has 5 heteroatoms. The van der Waals surface area contributed by atoms with Crippen molar-refractivity contribution in [3.8, 4) is 0 Å². The summed E-state index contributed by atoms with van der Waals surface area (Å²) in [7, 11) is 2.05. The van der Waals surface area contributed by atoms with Gasteiger partial charge in [-0.3, -0.25) is 10.1 Å². The first kappa shape index (κ1) is 12.6. The van der Waals surface area contributed by atoms with Crippen molar-refractivity contribution in [3.05, 3.63) is 0 Å². The third-order valence-corrected chi connectivity index (χ3v) is 2.62. The summed E-state index contributed by atoms with van der Waals surface area (Å²) in [5.74, 6) is 0.307. The lowest BCUT2D eigenvalue weighted by atomic mass is 10.2. The molecule has 1 aliphatic heterocycles. The van der Waals surface area contributed by atoms with Crippen LogP contribution in [0.2, 0.25) is 0 Å². The number of hydrogen-bond acceptors (Lipinski definition) is 5. The predicted molar refractivity (Wildman–Crippen MR) is 56.7 cm³/mol. The number of Topliss-reactive ketones (excluding diaryl/α,β-unsaturated/α-hetero) is 1. The molecule has 0 bridgehead atoms. The van der Waals surface area contributed by atoms with Crippen LogP contribution in [0, 0.1) is 0 Å². The van der Waals surface area contributed by atoms with Crippen LogP contribution >= 0.6 is 0 Å². The van der Waals surface area contributed by atoms with E-state index in [0.29, 0.717) is 31.4 Å². The Bertz CT molecular complexity index is 199. The molecule has 0 aromatic carbocycles. The van der Waals surface area contributed by atoms with E-state index < -0.39 is 0 Å². The highest BCUT2D eigenvalue weighted by Crippen LogP contribution is 2.04. The minimum Gasteiger partial charge on any atom is -0.305 e. The van der Waals surface area contributed by atoms with E-state index in [1.165, 1.54) is 0 Å². The van der Waals surface area contributed by atoms with Crippen molar-refractivity contribution in [3.63, 3.8) is 0 Å². The fourth-order valence-electron chi connectivity index (χ4n) is 1.82. The van der Waals surface area contributed by atoms with Crippen LogP contribution in [0.25, 0.3) is 0 Å². The number of nitrogens with one attached hydrogen (secondary N) is 1. The largest absolute Gasteiger partial charge is 0.305 e. The van der Waals surface area contributed by atoms with Crippen LogP contribution in [0.15, 0.2) is 0 Å². The second-order valence-electron chi connectivity index (χ2n) is 4.12. The van der Waals surface area contributed by atoms with E-state index in [1.807, 2.05) is 7.05 Å². The molecular formula is C10H20N2O3. The molecule has 1 heterocycles. The number of likely N-dealkylation sites (N-methyl/N-ethyl adjacent to an activating group) is 1. The van der Waals surface area contributed by atoms with E-state index in [4.69, 9.17) is 5.26 Å². The fourth-order valence-corrected chi connectivity index (χ4v) is 1.82. The van der Waals surface area contributed by atoms with E-state index >= 15 is 0 Å². The van der Waals surface area contributed by atoms with Gasteiger partial charge in [0.2, 0.25) is 0 Å². The summed E-state index contributed by atoms with van der Waals surface area (Å²) in [4.78, 5) is 17.2. The number of rotatable bonds is 7. The molecule has 1 rings (SSSR count). The molecule has 1 aliphatic rings. The first-order valence-corrected chi connectivity index (χ1v) is 5.42. The summed E-state index contributed by atoms with van der Waals surface area (Å²) in [6.07, 6.45) is 2.51. The average molecular weight is 216 g/mol. The topological polar surface area (TPSA) is 61.8 Å². The maximum absolute atomic E-state index is 11.0. The zero-order chi connectivity index (χ0) is 11.1. The molecule has 0 aliphatic carbocycles. The Hall–Kier alpha value is -0.490. The van der Waals surface area contributed by atoms with Crippen molar-refractivity contribution < 1.29 is 14.9 Å². The smallest absolute Gasteiger partial charge is 0.148 e. The van der Waals surface area contributed by atoms with Crippen LogP contribution in [0.3, 0.4) is 0 Å². The van der Waals surface area contributed by atoms with Gasteiger partial charge in [0.15, 0.2) is 0 Å². The second kappa shape index (κ2) is 6.90. The van der Waals surface area contributed by atoms with Crippen LogP contribution in [0.5, 0.6) is 0 Å². The number of nitrogens with zero attached hydrogens (tertiary/aromatic N) is 1. The molecule has 88 valence electrons. The van der Waals surface area contributed by atoms with E-state index in [0.717, 1.165) is 25.9 Å². The molecule has 1 fully saturated rings. The molecule has 1 unspecified atom stereocenters. The highest BCUT2D eigenvalue weighted by molar-refractivity contribution is 5.83. The lowest BCUT2D eigenvalue weighted by Crippen LogP contribution is -2.35. The summed E-state index contributed by atoms with van der Waals surface area (Å²) in [6, 6.07) is 0.316. The van der Waals surface area contributed by atoms with Gasteiger partial charge in [0, 0.05) is 19.0 Å². The molecule has 15 heavy (non-hydrogen) atoms. The van der Waals surface area contributed by atoms with Gasteiger partial charge in [-0.25, -0.2) is 4.89 Å². The normalized spacial score (nSPS) is 21.5. The summed E-state index contributed by atoms with van der Waals surface area (Å²) < 4.78 is 0. The molecule has 0 saturated carbocycles. The molecule has 1 atom stereocenters. The predicted octanol–water partition coefficient (Wildman–Crippen LogP) is 0.119. The lowest BCUT2D eigenvalue weighted by Gasteiger charge is -2.20. The van der Waals surface area contributed by atoms with Gasteiger partial charge < -0.3 is 10.2 Å². The first-order valence-electron chi connectivity index (χ1n) is 5.42. The standard InChI is InChI=1S/C10H20N2O3/c1-12(4-2-3-5-15-14)8-9-6-10(13)7-11-9/h9,11,14H,2-8H2,1H3. The SMILES string of the molecule is CN(CCCCOO)CC1CC(=O)CN1. The third kappa shape index (κ3) is 5.22. The van der Waals surface area contributed by atoms with Crippen molar-refractivity contribution in [1.29, 1.82) is 0 Å². The molecule has 0 radical (unpaired) electrons. The Labute approximate surface area is 90.3 Å². The Morgan fingerprint density at radius 1 is 1.60 bits per heavy atom. The molecule has 0 aromatic rings. The van der Waals surface area contributed by atoms with E-state index in [2.05, 4.69) is 15.1 Å². The monoisotopic (exact) mass is 216 g/mol. The number of carbonyl (C=O) groups excluding carboxylic acids is 1. The number of ketones is 1. The number of unbranched alkanes of at least 4 members (excludes halogenated alkanes) is 1. The fraction of sp³-hybridized carbons (Fsp3) is 0.900. The highest BCUT2D eigenvalue weighted by atomic mass is 17.1. The Morgan fingerprint density at radius 2 is 2.40 bits per heavy atom. The Kier molecular flexibility index (Phi) is 5.78. The van der Waals surface area contributed by atoms with Crippen molar-refractivity contribution >= 4 is 5.78 Å². The zero-order valence-corrected chi connectivity index (χ0v) is 9.24. The van der Waals surface area contributed by atoms with Gasteiger partial charge in [-0.05, 0) is 26.4 Å². The first-order chi connectivity index (χ1) is 7.22. The van der Waals surface area contributed by atoms with Gasteiger partial charge in [-0.2, -0.15) is 0 Å².